The zero-order chi connectivity index (χ0) is 59.3. The second-order valence-electron chi connectivity index (χ2n) is 18.6. The maximum absolute atomic E-state index is 11.4. The number of nitrogens with two attached hydrogens (primary N) is 1. The number of oxime groups is 1. The number of phenols is 3. The second-order valence-corrected chi connectivity index (χ2v) is 18.6. The minimum atomic E-state index is -0.530. The molecule has 0 radical (unpaired) electrons. The van der Waals surface area contributed by atoms with Crippen molar-refractivity contribution < 1.29 is 77.6 Å². The lowest BCUT2D eigenvalue weighted by atomic mass is 10.1. The zero-order valence-electron chi connectivity index (χ0n) is 47.0. The number of ether oxygens (including phenoxy) is 8. The molecule has 0 aliphatic carbocycles. The molecule has 5 aliphatic heterocycles. The van der Waals surface area contributed by atoms with E-state index in [4.69, 9.17) is 44.2 Å². The van der Waals surface area contributed by atoms with Gasteiger partial charge in [-0.3, -0.25) is 14.4 Å². The summed E-state index contributed by atoms with van der Waals surface area (Å²) in [6, 6.07) is 24.6. The van der Waals surface area contributed by atoms with Gasteiger partial charge in [-0.15, -0.1) is 0 Å². The molecule has 0 saturated carbocycles. The van der Waals surface area contributed by atoms with Crippen LogP contribution in [0.4, 0.5) is 28.4 Å². The number of aromatic hydroxyl groups is 3. The number of nitrogens with zero attached hydrogens (tertiary/aromatic N) is 7. The molecule has 0 aromatic heterocycles. The molecule has 10 rings (SSSR count). The number of benzene rings is 5. The van der Waals surface area contributed by atoms with Crippen LogP contribution >= 0.6 is 0 Å². The maximum atomic E-state index is 11.4. The summed E-state index contributed by atoms with van der Waals surface area (Å²) in [7, 11) is 4.38. The van der Waals surface area contributed by atoms with Gasteiger partial charge in [-0.25, -0.2) is 4.79 Å². The van der Waals surface area contributed by atoms with Crippen LogP contribution in [0, 0.1) is 0 Å². The summed E-state index contributed by atoms with van der Waals surface area (Å²) in [6.07, 6.45) is 4.89. The molecule has 446 valence electrons. The van der Waals surface area contributed by atoms with Gasteiger partial charge in [0.25, 0.3) is 0 Å². The third-order valence-electron chi connectivity index (χ3n) is 13.7. The topological polar surface area (TPSA) is 290 Å². The Kier molecular flexibility index (Phi) is 26.0. The van der Waals surface area contributed by atoms with Gasteiger partial charge in [0.2, 0.25) is 0 Å². The van der Waals surface area contributed by atoms with Gasteiger partial charge in [-0.2, -0.15) is 5.10 Å². The van der Waals surface area contributed by atoms with Crippen LogP contribution in [0.25, 0.3) is 0 Å². The fraction of sp³-hybridized carbons (Fsp3) is 0.390. The molecule has 5 aromatic carbocycles. The number of esters is 1. The Morgan fingerprint density at radius 1 is 0.458 bits per heavy atom. The number of aldehydes is 3. The molecule has 24 nitrogen and oxygen atoms in total. The van der Waals surface area contributed by atoms with Crippen LogP contribution in [0.2, 0.25) is 0 Å². The van der Waals surface area contributed by atoms with Crippen molar-refractivity contribution in [2.24, 2.45) is 16.1 Å². The maximum Gasteiger partial charge on any atom is 0.341 e. The average Bonchev–Trinajstić information content (AvgIpc) is 3.57. The number of methoxy groups -OCH3 is 3. The first-order chi connectivity index (χ1) is 40.5. The molecule has 5 aliphatic rings. The molecule has 0 bridgehead atoms. The molecule has 5 heterocycles. The van der Waals surface area contributed by atoms with Crippen molar-refractivity contribution in [3.8, 4) is 28.7 Å². The number of hydrogen-bond acceptors (Lipinski definition) is 24. The number of anilines is 5. The van der Waals surface area contributed by atoms with Crippen molar-refractivity contribution >= 4 is 65.7 Å². The highest BCUT2D eigenvalue weighted by molar-refractivity contribution is 5.94. The van der Waals surface area contributed by atoms with Crippen LogP contribution < -0.4 is 39.8 Å². The minimum Gasteiger partial charge on any atom is -0.507 e. The van der Waals surface area contributed by atoms with Crippen molar-refractivity contribution in [2.45, 2.75) is 0 Å². The third-order valence-corrected chi connectivity index (χ3v) is 13.7. The van der Waals surface area contributed by atoms with Gasteiger partial charge in [0.05, 0.1) is 117 Å². The minimum absolute atomic E-state index is 0.0612. The van der Waals surface area contributed by atoms with Crippen molar-refractivity contribution in [2.75, 3.05) is 177 Å². The zero-order valence-corrected chi connectivity index (χ0v) is 47.0. The Bertz CT molecular complexity index is 2840. The van der Waals surface area contributed by atoms with Crippen molar-refractivity contribution in [1.82, 2.24) is 0 Å². The molecule has 0 unspecified atom stereocenters. The highest BCUT2D eigenvalue weighted by Crippen LogP contribution is 2.31. The molecule has 0 spiro atoms. The predicted octanol–water partition coefficient (Wildman–Crippen LogP) is 5.07. The largest absolute Gasteiger partial charge is 0.507 e. The van der Waals surface area contributed by atoms with Gasteiger partial charge in [-0.05, 0) is 60.7 Å². The first-order valence-corrected chi connectivity index (χ1v) is 26.9. The lowest BCUT2D eigenvalue weighted by Crippen LogP contribution is -2.36. The lowest BCUT2D eigenvalue weighted by molar-refractivity contribution is 0.0597. The Balaban J connectivity index is 0.000000167. The highest BCUT2D eigenvalue weighted by atomic mass is 16.5. The smallest absolute Gasteiger partial charge is 0.341 e. The van der Waals surface area contributed by atoms with Gasteiger partial charge in [0.1, 0.15) is 34.3 Å². The van der Waals surface area contributed by atoms with E-state index in [2.05, 4.69) is 39.5 Å². The van der Waals surface area contributed by atoms with Gasteiger partial charge in [0, 0.05) is 129 Å². The molecule has 5 saturated heterocycles. The quantitative estimate of drug-likeness (QED) is 0.0257. The number of morpholine rings is 5. The Labute approximate surface area is 482 Å². The summed E-state index contributed by atoms with van der Waals surface area (Å²) in [5.74, 6) is 5.86. The van der Waals surface area contributed by atoms with Crippen LogP contribution in [0.15, 0.2) is 95.2 Å². The van der Waals surface area contributed by atoms with Crippen LogP contribution in [0.3, 0.4) is 0 Å². The number of hydrazone groups is 1. The van der Waals surface area contributed by atoms with Crippen molar-refractivity contribution in [1.29, 1.82) is 0 Å². The second kappa shape index (κ2) is 33.9. The molecule has 83 heavy (non-hydrogen) atoms. The summed E-state index contributed by atoms with van der Waals surface area (Å²) >= 11 is 0. The van der Waals surface area contributed by atoms with E-state index in [9.17, 15) is 34.5 Å². The SMILES string of the molecule is COC(=O)c1cc(N2CCOCC2)ccc1O.COc1cc(N2CCOCC2)c(C=O)cc1C=O.COc1cc(N2CCOCC2)ccc1C=O.N/N=C\c1ccc(N2CCOCC2)cc1O.O/N=C\c1ccc(N2CCOCC2)cc1O. The molecule has 0 atom stereocenters. The molecular weight excluding hydrogens is 1080 g/mol. The monoisotopic (exact) mass is 1150 g/mol. The summed E-state index contributed by atoms with van der Waals surface area (Å²) in [6.45, 7) is 15.1. The van der Waals surface area contributed by atoms with Gasteiger partial charge >= 0.3 is 5.97 Å². The van der Waals surface area contributed by atoms with Crippen molar-refractivity contribution in [3.63, 3.8) is 0 Å². The van der Waals surface area contributed by atoms with E-state index in [-0.39, 0.29) is 22.8 Å². The van der Waals surface area contributed by atoms with Gasteiger partial charge in [0.15, 0.2) is 18.9 Å². The van der Waals surface area contributed by atoms with E-state index in [1.165, 1.54) is 32.7 Å². The number of phenolic OH excluding ortho intramolecular Hbond substituents is 3. The summed E-state index contributed by atoms with van der Waals surface area (Å²) in [5.41, 5.74) is 7.49. The van der Waals surface area contributed by atoms with E-state index < -0.39 is 5.97 Å². The van der Waals surface area contributed by atoms with Crippen LogP contribution in [-0.2, 0) is 28.4 Å². The lowest BCUT2D eigenvalue weighted by Gasteiger charge is -2.30. The normalized spacial score (nSPS) is 16.1. The van der Waals surface area contributed by atoms with E-state index >= 15 is 0 Å². The average molecular weight is 1150 g/mol. The fourth-order valence-electron chi connectivity index (χ4n) is 9.14. The molecule has 5 aromatic rings. The predicted molar refractivity (Wildman–Crippen MR) is 314 cm³/mol. The molecule has 0 amide bonds. The number of carbonyl (C=O) groups excluding carboxylic acids is 4. The fourth-order valence-corrected chi connectivity index (χ4v) is 9.14. The summed E-state index contributed by atoms with van der Waals surface area (Å²) < 4.78 is 41.3. The van der Waals surface area contributed by atoms with Crippen LogP contribution in [0.1, 0.15) is 52.6 Å². The summed E-state index contributed by atoms with van der Waals surface area (Å²) in [4.78, 5) is 54.9. The Morgan fingerprint density at radius 2 is 0.831 bits per heavy atom. The molecule has 5 fully saturated rings. The third kappa shape index (κ3) is 18.7. The number of carbonyl (C=O) groups is 4. The molecular formula is C59H74N8O16. The molecule has 6 N–H and O–H groups in total. The Morgan fingerprint density at radius 3 is 1.22 bits per heavy atom. The van der Waals surface area contributed by atoms with Crippen LogP contribution in [0.5, 0.6) is 28.7 Å². The number of hydrogen-bond donors (Lipinski definition) is 5. The van der Waals surface area contributed by atoms with E-state index in [1.807, 2.05) is 24.3 Å². The van der Waals surface area contributed by atoms with Gasteiger partial charge in [-0.1, -0.05) is 5.16 Å². The van der Waals surface area contributed by atoms with Crippen LogP contribution in [-0.4, -0.2) is 211 Å². The first-order valence-electron chi connectivity index (χ1n) is 26.9. The van der Waals surface area contributed by atoms with E-state index in [0.717, 1.165) is 133 Å². The Hall–Kier alpha value is -8.68. The number of rotatable bonds is 13. The molecule has 24 heteroatoms. The summed E-state index contributed by atoms with van der Waals surface area (Å²) in [5, 5.41) is 43.7. The first kappa shape index (κ1) is 63.5. The van der Waals surface area contributed by atoms with Gasteiger partial charge < -0.3 is 88.8 Å². The highest BCUT2D eigenvalue weighted by Gasteiger charge is 2.20. The van der Waals surface area contributed by atoms with E-state index in [1.54, 1.807) is 61.7 Å². The van der Waals surface area contributed by atoms with E-state index in [0.29, 0.717) is 85.2 Å². The van der Waals surface area contributed by atoms with Crippen molar-refractivity contribution in [3.05, 3.63) is 118 Å². The standard InChI is InChI=1S/C13H15NO4.C12H15NO4.C12H15NO3.C11H15N3O2.C11H14N2O3/c1-17-13-7-12(14-2-4-18-5-3-14)10(8-15)6-11(13)9-16;1-16-12(15)10-8-9(2-3-11(10)14)13-4-6-17-7-5-13;1-15-12-8-11(3-2-10(12)9-14)13-4-6-16-7-5-13;12-13-8-9-1-2-10(7-11(9)15)14-3-5-16-6-4-14;14-11-7-10(2-1-9(11)8-12-15)13-3-5-16-6-4-13/h6-9H,2-5H2,1H3;2-3,8,14H,4-7H2,1H3;2-3,8-9H,4-7H2,1H3;1-2,7-8,15H,3-6,12H2;1-2,7-8,14-15H,3-6H2/b;;;13-8-;12-8-.